The van der Waals surface area contributed by atoms with Crippen LogP contribution in [0.5, 0.6) is 0 Å². The number of hydrogen-bond donors (Lipinski definition) is 0. The molecule has 2 fully saturated rings. The first kappa shape index (κ1) is 16.5. The second-order valence-corrected chi connectivity index (χ2v) is 6.59. The van der Waals surface area contributed by atoms with Crippen LogP contribution in [0.15, 0.2) is 18.7 Å². The summed E-state index contributed by atoms with van der Waals surface area (Å²) in [5.74, 6) is 0.907. The molecule has 1 aromatic heterocycles. The van der Waals surface area contributed by atoms with Crippen LogP contribution in [-0.2, 0) is 16.1 Å². The van der Waals surface area contributed by atoms with Gasteiger partial charge in [0.1, 0.15) is 0 Å². The zero-order chi connectivity index (χ0) is 16.1. The molecule has 0 spiro atoms. The second-order valence-electron chi connectivity index (χ2n) is 6.59. The maximum Gasteiger partial charge on any atom is 0.222 e. The Hall–Kier alpha value is -1.40. The van der Waals surface area contributed by atoms with Gasteiger partial charge in [-0.15, -0.1) is 0 Å². The summed E-state index contributed by atoms with van der Waals surface area (Å²) in [6.45, 7) is 8.57. The SMILES string of the molecule is CC[C@@H]1CN(C(=O)CCCn2ccnc2)C[C@@H]1N1CCOCC1. The van der Waals surface area contributed by atoms with E-state index in [1.165, 1.54) is 0 Å². The molecule has 2 aliphatic heterocycles. The summed E-state index contributed by atoms with van der Waals surface area (Å²) in [5, 5.41) is 0. The molecule has 0 saturated carbocycles. The third kappa shape index (κ3) is 4.12. The van der Waals surface area contributed by atoms with Gasteiger partial charge in [-0.2, -0.15) is 0 Å². The number of ether oxygens (including phenoxy) is 1. The molecular weight excluding hydrogens is 292 g/mol. The van der Waals surface area contributed by atoms with Crippen molar-refractivity contribution in [1.29, 1.82) is 0 Å². The van der Waals surface area contributed by atoms with E-state index >= 15 is 0 Å². The fourth-order valence-corrected chi connectivity index (χ4v) is 3.77. The van der Waals surface area contributed by atoms with Gasteiger partial charge in [0.2, 0.25) is 5.91 Å². The van der Waals surface area contributed by atoms with Crippen molar-refractivity contribution in [2.24, 2.45) is 5.92 Å². The standard InChI is InChI=1S/C17H28N4O2/c1-2-15-12-21(13-16(15)20-8-10-23-11-9-20)17(22)4-3-6-19-7-5-18-14-19/h5,7,14-16H,2-4,6,8-13H2,1H3/t15-,16+/m1/s1. The van der Waals surface area contributed by atoms with E-state index in [4.69, 9.17) is 4.74 Å². The fourth-order valence-electron chi connectivity index (χ4n) is 3.77. The molecule has 3 rings (SSSR count). The van der Waals surface area contributed by atoms with Crippen LogP contribution in [-0.4, -0.2) is 70.7 Å². The molecule has 6 nitrogen and oxygen atoms in total. The van der Waals surface area contributed by atoms with Crippen molar-refractivity contribution in [2.75, 3.05) is 39.4 Å². The van der Waals surface area contributed by atoms with Gasteiger partial charge < -0.3 is 14.2 Å². The van der Waals surface area contributed by atoms with Gasteiger partial charge in [0.05, 0.1) is 19.5 Å². The molecule has 6 heteroatoms. The number of likely N-dealkylation sites (tertiary alicyclic amines) is 1. The highest BCUT2D eigenvalue weighted by atomic mass is 16.5. The first-order chi connectivity index (χ1) is 11.3. The average Bonchev–Trinajstić information content (AvgIpc) is 3.25. The Kier molecular flexibility index (Phi) is 5.67. The molecule has 23 heavy (non-hydrogen) atoms. The summed E-state index contributed by atoms with van der Waals surface area (Å²) < 4.78 is 7.49. The molecule has 2 atom stereocenters. The Balaban J connectivity index is 1.48. The summed E-state index contributed by atoms with van der Waals surface area (Å²) >= 11 is 0. The quantitative estimate of drug-likeness (QED) is 0.791. The molecule has 2 saturated heterocycles. The number of imidazole rings is 1. The topological polar surface area (TPSA) is 50.6 Å². The summed E-state index contributed by atoms with van der Waals surface area (Å²) in [5.41, 5.74) is 0. The van der Waals surface area contributed by atoms with E-state index in [1.54, 1.807) is 6.20 Å². The Labute approximate surface area is 138 Å². The van der Waals surface area contributed by atoms with Crippen LogP contribution in [0.2, 0.25) is 0 Å². The Bertz CT molecular complexity index is 485. The van der Waals surface area contributed by atoms with Crippen molar-refractivity contribution in [1.82, 2.24) is 19.4 Å². The van der Waals surface area contributed by atoms with Gasteiger partial charge in [-0.25, -0.2) is 4.98 Å². The predicted molar refractivity (Wildman–Crippen MR) is 88.0 cm³/mol. The molecule has 0 unspecified atom stereocenters. The normalized spacial score (nSPS) is 25.9. The van der Waals surface area contributed by atoms with Crippen LogP contribution in [0.1, 0.15) is 26.2 Å². The number of aromatic nitrogens is 2. The lowest BCUT2D eigenvalue weighted by Gasteiger charge is -2.34. The molecule has 0 N–H and O–H groups in total. The molecule has 0 radical (unpaired) electrons. The maximum absolute atomic E-state index is 12.5. The lowest BCUT2D eigenvalue weighted by Crippen LogP contribution is -2.47. The van der Waals surface area contributed by atoms with Crippen LogP contribution < -0.4 is 0 Å². The number of amides is 1. The van der Waals surface area contributed by atoms with Gasteiger partial charge >= 0.3 is 0 Å². The molecule has 0 bridgehead atoms. The molecule has 0 aromatic carbocycles. The molecule has 0 aliphatic carbocycles. The van der Waals surface area contributed by atoms with Crippen LogP contribution in [0.3, 0.4) is 0 Å². The van der Waals surface area contributed by atoms with Gasteiger partial charge in [0, 0.05) is 57.6 Å². The average molecular weight is 320 g/mol. The number of carbonyl (C=O) groups excluding carboxylic acids is 1. The Morgan fingerprint density at radius 1 is 1.30 bits per heavy atom. The molecule has 128 valence electrons. The van der Waals surface area contributed by atoms with E-state index < -0.39 is 0 Å². The predicted octanol–water partition coefficient (Wildman–Crippen LogP) is 1.23. The van der Waals surface area contributed by atoms with Crippen molar-refractivity contribution in [3.63, 3.8) is 0 Å². The number of morpholine rings is 1. The summed E-state index contributed by atoms with van der Waals surface area (Å²) in [4.78, 5) is 21.2. The van der Waals surface area contributed by atoms with E-state index in [0.29, 0.717) is 24.3 Å². The minimum absolute atomic E-state index is 0.305. The Morgan fingerprint density at radius 2 is 2.13 bits per heavy atom. The highest BCUT2D eigenvalue weighted by molar-refractivity contribution is 5.76. The first-order valence-electron chi connectivity index (χ1n) is 8.83. The second kappa shape index (κ2) is 7.93. The van der Waals surface area contributed by atoms with Crippen molar-refractivity contribution < 1.29 is 9.53 Å². The van der Waals surface area contributed by atoms with Crippen LogP contribution >= 0.6 is 0 Å². The largest absolute Gasteiger partial charge is 0.379 e. The van der Waals surface area contributed by atoms with E-state index in [9.17, 15) is 4.79 Å². The maximum atomic E-state index is 12.5. The van der Waals surface area contributed by atoms with E-state index in [0.717, 1.165) is 58.8 Å². The molecule has 1 aromatic rings. The molecule has 3 heterocycles. The van der Waals surface area contributed by atoms with Crippen molar-refractivity contribution in [2.45, 2.75) is 38.8 Å². The van der Waals surface area contributed by atoms with E-state index in [-0.39, 0.29) is 0 Å². The number of nitrogens with zero attached hydrogens (tertiary/aromatic N) is 4. The number of hydrogen-bond acceptors (Lipinski definition) is 4. The van der Waals surface area contributed by atoms with E-state index in [1.807, 2.05) is 17.1 Å². The minimum Gasteiger partial charge on any atom is -0.379 e. The van der Waals surface area contributed by atoms with Crippen LogP contribution in [0, 0.1) is 5.92 Å². The van der Waals surface area contributed by atoms with Gasteiger partial charge in [0.25, 0.3) is 0 Å². The number of aryl methyl sites for hydroxylation is 1. The molecule has 2 aliphatic rings. The van der Waals surface area contributed by atoms with Crippen LogP contribution in [0.4, 0.5) is 0 Å². The smallest absolute Gasteiger partial charge is 0.222 e. The lowest BCUT2D eigenvalue weighted by molar-refractivity contribution is -0.130. The molecule has 1 amide bonds. The lowest BCUT2D eigenvalue weighted by atomic mass is 9.99. The van der Waals surface area contributed by atoms with Gasteiger partial charge in [0.15, 0.2) is 0 Å². The summed E-state index contributed by atoms with van der Waals surface area (Å²) in [6, 6.07) is 0.515. The van der Waals surface area contributed by atoms with Crippen molar-refractivity contribution in [3.8, 4) is 0 Å². The third-order valence-electron chi connectivity index (χ3n) is 5.16. The highest BCUT2D eigenvalue weighted by Crippen LogP contribution is 2.26. The van der Waals surface area contributed by atoms with Crippen LogP contribution in [0.25, 0.3) is 0 Å². The zero-order valence-electron chi connectivity index (χ0n) is 14.1. The zero-order valence-corrected chi connectivity index (χ0v) is 14.1. The van der Waals surface area contributed by atoms with Gasteiger partial charge in [-0.05, 0) is 12.3 Å². The van der Waals surface area contributed by atoms with Crippen molar-refractivity contribution in [3.05, 3.63) is 18.7 Å². The van der Waals surface area contributed by atoms with E-state index in [2.05, 4.69) is 21.7 Å². The summed E-state index contributed by atoms with van der Waals surface area (Å²) in [6.07, 6.45) is 8.18. The Morgan fingerprint density at radius 3 is 2.83 bits per heavy atom. The number of carbonyl (C=O) groups is 1. The first-order valence-corrected chi connectivity index (χ1v) is 8.83. The van der Waals surface area contributed by atoms with Gasteiger partial charge in [-0.1, -0.05) is 13.3 Å². The fraction of sp³-hybridized carbons (Fsp3) is 0.765. The minimum atomic E-state index is 0.305. The molecular formula is C17H28N4O2. The van der Waals surface area contributed by atoms with Gasteiger partial charge in [-0.3, -0.25) is 9.69 Å². The summed E-state index contributed by atoms with van der Waals surface area (Å²) in [7, 11) is 0. The highest BCUT2D eigenvalue weighted by Gasteiger charge is 2.37. The monoisotopic (exact) mass is 320 g/mol. The number of rotatable bonds is 6. The third-order valence-corrected chi connectivity index (χ3v) is 5.16. The van der Waals surface area contributed by atoms with Crippen molar-refractivity contribution >= 4 is 5.91 Å².